The molecule has 0 amide bonds. The second-order valence-electron chi connectivity index (χ2n) is 4.69. The van der Waals surface area contributed by atoms with Crippen molar-refractivity contribution in [2.75, 3.05) is 25.0 Å². The predicted molar refractivity (Wildman–Crippen MR) is 70.5 cm³/mol. The number of rotatable bonds is 4. The number of nitrogens with zero attached hydrogens (tertiary/aromatic N) is 2. The van der Waals surface area contributed by atoms with E-state index in [4.69, 9.17) is 0 Å². The summed E-state index contributed by atoms with van der Waals surface area (Å²) in [5.41, 5.74) is 0. The van der Waals surface area contributed by atoms with Crippen molar-refractivity contribution in [3.63, 3.8) is 0 Å². The van der Waals surface area contributed by atoms with Crippen LogP contribution in [0.25, 0.3) is 0 Å². The first-order chi connectivity index (χ1) is 9.00. The third-order valence-corrected chi connectivity index (χ3v) is 4.43. The maximum absolute atomic E-state index is 12.4. The monoisotopic (exact) mass is 293 g/mol. The molecule has 1 aliphatic rings. The first-order valence-electron chi connectivity index (χ1n) is 6.51. The number of halogens is 3. The molecule has 0 radical (unpaired) electrons. The summed E-state index contributed by atoms with van der Waals surface area (Å²) in [6.45, 7) is 4.84. The molecule has 0 aromatic carbocycles. The molecule has 1 atom stereocenters. The highest BCUT2D eigenvalue weighted by Gasteiger charge is 2.33. The van der Waals surface area contributed by atoms with Crippen LogP contribution in [-0.2, 0) is 6.18 Å². The Morgan fingerprint density at radius 3 is 2.89 bits per heavy atom. The molecule has 2 heterocycles. The van der Waals surface area contributed by atoms with Crippen LogP contribution >= 0.6 is 11.3 Å². The van der Waals surface area contributed by atoms with Crippen LogP contribution in [0.15, 0.2) is 6.20 Å². The van der Waals surface area contributed by atoms with Gasteiger partial charge in [-0.3, -0.25) is 4.90 Å². The van der Waals surface area contributed by atoms with Crippen LogP contribution in [-0.4, -0.2) is 35.6 Å². The number of anilines is 1. The second kappa shape index (κ2) is 6.09. The molecule has 2 rings (SSSR count). The zero-order chi connectivity index (χ0) is 13.9. The van der Waals surface area contributed by atoms with E-state index in [9.17, 15) is 13.2 Å². The summed E-state index contributed by atoms with van der Waals surface area (Å²) in [6.07, 6.45) is 0.0933. The van der Waals surface area contributed by atoms with E-state index >= 15 is 0 Å². The van der Waals surface area contributed by atoms with E-state index < -0.39 is 11.1 Å². The molecule has 1 saturated heterocycles. The van der Waals surface area contributed by atoms with Crippen molar-refractivity contribution in [2.45, 2.75) is 38.4 Å². The van der Waals surface area contributed by atoms with E-state index in [2.05, 4.69) is 22.1 Å². The zero-order valence-electron chi connectivity index (χ0n) is 10.8. The van der Waals surface area contributed by atoms with Gasteiger partial charge in [0.25, 0.3) is 0 Å². The highest BCUT2D eigenvalue weighted by atomic mass is 32.1. The van der Waals surface area contributed by atoms with Gasteiger partial charge in [0.2, 0.25) is 0 Å². The lowest BCUT2D eigenvalue weighted by molar-refractivity contribution is -0.134. The summed E-state index contributed by atoms with van der Waals surface area (Å²) in [5.74, 6) is 0. The van der Waals surface area contributed by atoms with Gasteiger partial charge in [-0.25, -0.2) is 4.98 Å². The molecule has 0 spiro atoms. The van der Waals surface area contributed by atoms with Crippen LogP contribution in [0.5, 0.6) is 0 Å². The van der Waals surface area contributed by atoms with Crippen LogP contribution in [0.4, 0.5) is 18.3 Å². The van der Waals surface area contributed by atoms with Crippen molar-refractivity contribution in [3.05, 3.63) is 11.1 Å². The van der Waals surface area contributed by atoms with Crippen molar-refractivity contribution in [1.82, 2.24) is 9.88 Å². The molecule has 1 aromatic heterocycles. The van der Waals surface area contributed by atoms with E-state index in [-0.39, 0.29) is 0 Å². The number of thiazole rings is 1. The molecular weight excluding hydrogens is 275 g/mol. The largest absolute Gasteiger partial charge is 0.427 e. The summed E-state index contributed by atoms with van der Waals surface area (Å²) in [4.78, 5) is 5.51. The van der Waals surface area contributed by atoms with Gasteiger partial charge in [-0.05, 0) is 25.9 Å². The molecule has 1 unspecified atom stereocenters. The van der Waals surface area contributed by atoms with E-state index in [1.807, 2.05) is 0 Å². The lowest BCUT2D eigenvalue weighted by Crippen LogP contribution is -2.43. The van der Waals surface area contributed by atoms with Gasteiger partial charge < -0.3 is 5.32 Å². The van der Waals surface area contributed by atoms with Crippen molar-refractivity contribution in [2.24, 2.45) is 0 Å². The summed E-state index contributed by atoms with van der Waals surface area (Å²) in [6, 6.07) is 0.400. The standard InChI is InChI=1S/C12H18F3N3S/c1-2-18-6-4-3-5-9(18)7-16-11-17-8-10(19-11)12(13,14)15/h8-9H,2-7H2,1H3,(H,16,17). The third-order valence-electron chi connectivity index (χ3n) is 3.43. The molecule has 19 heavy (non-hydrogen) atoms. The smallest absolute Gasteiger partial charge is 0.360 e. The minimum Gasteiger partial charge on any atom is -0.360 e. The highest BCUT2D eigenvalue weighted by molar-refractivity contribution is 7.15. The Morgan fingerprint density at radius 2 is 2.26 bits per heavy atom. The second-order valence-corrected chi connectivity index (χ2v) is 5.72. The van der Waals surface area contributed by atoms with Crippen molar-refractivity contribution in [1.29, 1.82) is 0 Å². The lowest BCUT2D eigenvalue weighted by atomic mass is 10.0. The Morgan fingerprint density at radius 1 is 1.47 bits per heavy atom. The van der Waals surface area contributed by atoms with Crippen molar-refractivity contribution in [3.8, 4) is 0 Å². The van der Waals surface area contributed by atoms with Crippen LogP contribution in [0.3, 0.4) is 0 Å². The first-order valence-corrected chi connectivity index (χ1v) is 7.33. The van der Waals surface area contributed by atoms with Crippen LogP contribution in [0.2, 0.25) is 0 Å². The summed E-state index contributed by atoms with van der Waals surface area (Å²) >= 11 is 0.671. The average Bonchev–Trinajstić information content (AvgIpc) is 2.85. The molecule has 1 fully saturated rings. The summed E-state index contributed by atoms with van der Waals surface area (Å²) in [5, 5.41) is 3.39. The SMILES string of the molecule is CCN1CCCCC1CNc1ncc(C(F)(F)F)s1. The number of likely N-dealkylation sites (N-methyl/N-ethyl adjacent to an activating group) is 1. The quantitative estimate of drug-likeness (QED) is 0.921. The molecule has 1 N–H and O–H groups in total. The zero-order valence-corrected chi connectivity index (χ0v) is 11.7. The van der Waals surface area contributed by atoms with Crippen LogP contribution in [0.1, 0.15) is 31.1 Å². The normalized spacial score (nSPS) is 21.6. The fraction of sp³-hybridized carbons (Fsp3) is 0.750. The van der Waals surface area contributed by atoms with E-state index in [0.717, 1.165) is 25.7 Å². The molecular formula is C12H18F3N3S. The van der Waals surface area contributed by atoms with Crippen molar-refractivity contribution < 1.29 is 13.2 Å². The molecule has 3 nitrogen and oxygen atoms in total. The number of likely N-dealkylation sites (tertiary alicyclic amines) is 1. The van der Waals surface area contributed by atoms with Crippen LogP contribution < -0.4 is 5.32 Å². The Labute approximate surface area is 114 Å². The number of piperidine rings is 1. The van der Waals surface area contributed by atoms with Gasteiger partial charge in [0.1, 0.15) is 4.88 Å². The number of hydrogen-bond donors (Lipinski definition) is 1. The third kappa shape index (κ3) is 3.82. The molecule has 0 saturated carbocycles. The summed E-state index contributed by atoms with van der Waals surface area (Å²) in [7, 11) is 0. The number of hydrogen-bond acceptors (Lipinski definition) is 4. The van der Waals surface area contributed by atoms with Gasteiger partial charge in [0, 0.05) is 12.6 Å². The predicted octanol–water partition coefficient (Wildman–Crippen LogP) is 3.45. The van der Waals surface area contributed by atoms with Gasteiger partial charge in [0.05, 0.1) is 6.20 Å². The minimum absolute atomic E-state index is 0.356. The van der Waals surface area contributed by atoms with Gasteiger partial charge in [-0.15, -0.1) is 0 Å². The summed E-state index contributed by atoms with van der Waals surface area (Å²) < 4.78 is 37.3. The molecule has 0 bridgehead atoms. The van der Waals surface area contributed by atoms with E-state index in [0.29, 0.717) is 29.1 Å². The topological polar surface area (TPSA) is 28.2 Å². The number of nitrogens with one attached hydrogen (secondary N) is 1. The van der Waals surface area contributed by atoms with Gasteiger partial charge in [-0.1, -0.05) is 24.7 Å². The number of aromatic nitrogens is 1. The Kier molecular flexibility index (Phi) is 4.67. The van der Waals surface area contributed by atoms with Crippen molar-refractivity contribution >= 4 is 16.5 Å². The first kappa shape index (κ1) is 14.6. The van der Waals surface area contributed by atoms with Gasteiger partial charge >= 0.3 is 6.18 Å². The van der Waals surface area contributed by atoms with E-state index in [1.54, 1.807) is 0 Å². The fourth-order valence-electron chi connectivity index (χ4n) is 2.40. The Balaban J connectivity index is 1.89. The maximum Gasteiger partial charge on any atom is 0.427 e. The fourth-order valence-corrected chi connectivity index (χ4v) is 3.09. The molecule has 108 valence electrons. The highest BCUT2D eigenvalue weighted by Crippen LogP contribution is 2.35. The average molecular weight is 293 g/mol. The molecule has 0 aliphatic carbocycles. The number of alkyl halides is 3. The van der Waals surface area contributed by atoms with Gasteiger partial charge in [0.15, 0.2) is 5.13 Å². The van der Waals surface area contributed by atoms with E-state index in [1.165, 1.54) is 12.8 Å². The van der Waals surface area contributed by atoms with Gasteiger partial charge in [-0.2, -0.15) is 13.2 Å². The lowest BCUT2D eigenvalue weighted by Gasteiger charge is -2.34. The molecule has 1 aliphatic heterocycles. The minimum atomic E-state index is -4.29. The molecule has 7 heteroatoms. The maximum atomic E-state index is 12.4. The molecule has 1 aromatic rings. The Hall–Kier alpha value is -0.820. The van der Waals surface area contributed by atoms with Crippen LogP contribution in [0, 0.1) is 0 Å². The Bertz CT molecular complexity index is 405.